The largest absolute Gasteiger partial charge is 0.461 e. The first-order chi connectivity index (χ1) is 15.6. The maximum absolute atomic E-state index is 13.3. The zero-order valence-electron chi connectivity index (χ0n) is 17.1. The molecule has 0 spiro atoms. The predicted molar refractivity (Wildman–Crippen MR) is 115 cm³/mol. The van der Waals surface area contributed by atoms with Crippen molar-refractivity contribution in [3.8, 4) is 11.6 Å². The van der Waals surface area contributed by atoms with E-state index in [9.17, 15) is 9.18 Å². The summed E-state index contributed by atoms with van der Waals surface area (Å²) in [6, 6.07) is 10.8. The zero-order chi connectivity index (χ0) is 22.1. The summed E-state index contributed by atoms with van der Waals surface area (Å²) >= 11 is 0. The number of halogens is 1. The van der Waals surface area contributed by atoms with Crippen LogP contribution in [0.5, 0.6) is 0 Å². The van der Waals surface area contributed by atoms with Crippen LogP contribution in [0.1, 0.15) is 22.3 Å². The molecule has 0 unspecified atom stereocenters. The second-order valence-corrected chi connectivity index (χ2v) is 7.54. The van der Waals surface area contributed by atoms with E-state index < -0.39 is 6.17 Å². The first-order valence-electron chi connectivity index (χ1n) is 10.3. The fourth-order valence-electron chi connectivity index (χ4n) is 3.61. The average molecular weight is 436 g/mol. The minimum absolute atomic E-state index is 0.130. The number of anilines is 2. The van der Waals surface area contributed by atoms with Crippen LogP contribution in [0.15, 0.2) is 47.1 Å². The Bertz CT molecular complexity index is 1240. The quantitative estimate of drug-likeness (QED) is 0.471. The first-order valence-corrected chi connectivity index (χ1v) is 10.3. The fraction of sp³-hybridized carbons (Fsp3) is 0.286. The van der Waals surface area contributed by atoms with Gasteiger partial charge in [-0.3, -0.25) is 4.79 Å². The number of benzene rings is 1. The summed E-state index contributed by atoms with van der Waals surface area (Å²) in [5.74, 6) is 1.57. The number of nitrogens with two attached hydrogens (primary N) is 1. The smallest absolute Gasteiger partial charge is 0.259 e. The Labute approximate surface area is 182 Å². The van der Waals surface area contributed by atoms with E-state index in [0.717, 1.165) is 5.56 Å². The molecule has 0 saturated carbocycles. The summed E-state index contributed by atoms with van der Waals surface area (Å²) in [6.45, 7) is 1.19. The summed E-state index contributed by atoms with van der Waals surface area (Å²) in [6.07, 6.45) is 1.71. The highest BCUT2D eigenvalue weighted by molar-refractivity contribution is 5.94. The van der Waals surface area contributed by atoms with Crippen LogP contribution in [0.25, 0.3) is 17.4 Å². The van der Waals surface area contributed by atoms with Gasteiger partial charge in [0.25, 0.3) is 11.7 Å². The average Bonchev–Trinajstić information content (AvgIpc) is 3.54. The van der Waals surface area contributed by atoms with Crippen molar-refractivity contribution in [1.82, 2.24) is 29.5 Å². The zero-order valence-corrected chi connectivity index (χ0v) is 17.1. The van der Waals surface area contributed by atoms with Gasteiger partial charge in [0.1, 0.15) is 6.17 Å². The lowest BCUT2D eigenvalue weighted by atomic mass is 10.1. The van der Waals surface area contributed by atoms with Crippen molar-refractivity contribution >= 4 is 23.6 Å². The van der Waals surface area contributed by atoms with Gasteiger partial charge in [0.15, 0.2) is 5.76 Å². The Hall–Kier alpha value is -4.02. The van der Waals surface area contributed by atoms with Gasteiger partial charge in [-0.15, -0.1) is 5.10 Å². The lowest BCUT2D eigenvalue weighted by Crippen LogP contribution is -2.28. The molecule has 11 heteroatoms. The van der Waals surface area contributed by atoms with E-state index >= 15 is 0 Å². The number of alkyl halides is 1. The topological polar surface area (TPSA) is 127 Å². The Morgan fingerprint density at radius 3 is 2.78 bits per heavy atom. The lowest BCUT2D eigenvalue weighted by Gasteiger charge is -2.15. The van der Waals surface area contributed by atoms with Gasteiger partial charge in [0, 0.05) is 18.7 Å². The van der Waals surface area contributed by atoms with Crippen molar-refractivity contribution in [2.75, 3.05) is 30.7 Å². The number of furan rings is 1. The molecule has 1 atom stereocenters. The molecule has 0 aliphatic carbocycles. The SMILES string of the molecule is Nc1nc(NCCc2ccc(C(=O)N3CC[C@H](F)C3)cc2)nc2nc(-c3ccco3)nn12. The molecular formula is C21H21FN8O2. The number of aromatic nitrogens is 5. The molecule has 10 nitrogen and oxygen atoms in total. The van der Waals surface area contributed by atoms with E-state index in [-0.39, 0.29) is 18.4 Å². The van der Waals surface area contributed by atoms with E-state index in [0.29, 0.717) is 54.8 Å². The van der Waals surface area contributed by atoms with Crippen molar-refractivity contribution in [1.29, 1.82) is 0 Å². The number of amides is 1. The third-order valence-corrected chi connectivity index (χ3v) is 5.29. The number of nitrogens with zero attached hydrogens (tertiary/aromatic N) is 6. The Kier molecular flexibility index (Phi) is 5.13. The summed E-state index contributed by atoms with van der Waals surface area (Å²) in [5.41, 5.74) is 7.59. The van der Waals surface area contributed by atoms with Gasteiger partial charge >= 0.3 is 0 Å². The highest BCUT2D eigenvalue weighted by atomic mass is 19.1. The second kappa shape index (κ2) is 8.25. The summed E-state index contributed by atoms with van der Waals surface area (Å²) in [5, 5.41) is 7.39. The van der Waals surface area contributed by atoms with Crippen LogP contribution in [0.4, 0.5) is 16.3 Å². The lowest BCUT2D eigenvalue weighted by molar-refractivity contribution is 0.0783. The van der Waals surface area contributed by atoms with Crippen LogP contribution in [-0.2, 0) is 6.42 Å². The van der Waals surface area contributed by atoms with E-state index in [1.807, 2.05) is 12.1 Å². The summed E-state index contributed by atoms with van der Waals surface area (Å²) in [4.78, 5) is 26.9. The molecule has 3 N–H and O–H groups in total. The number of nitrogen functional groups attached to an aromatic ring is 1. The van der Waals surface area contributed by atoms with Crippen LogP contribution in [0.3, 0.4) is 0 Å². The van der Waals surface area contributed by atoms with Crippen LogP contribution >= 0.6 is 0 Å². The molecular weight excluding hydrogens is 415 g/mol. The summed E-state index contributed by atoms with van der Waals surface area (Å²) in [7, 11) is 0. The van der Waals surface area contributed by atoms with Crippen molar-refractivity contribution in [2.24, 2.45) is 0 Å². The fourth-order valence-corrected chi connectivity index (χ4v) is 3.61. The van der Waals surface area contributed by atoms with Gasteiger partial charge in [0.2, 0.25) is 17.7 Å². The maximum atomic E-state index is 13.3. The molecule has 32 heavy (non-hydrogen) atoms. The molecule has 5 rings (SSSR count). The highest BCUT2D eigenvalue weighted by Gasteiger charge is 2.26. The molecule has 0 bridgehead atoms. The van der Waals surface area contributed by atoms with Crippen LogP contribution < -0.4 is 11.1 Å². The predicted octanol–water partition coefficient (Wildman–Crippen LogP) is 2.20. The van der Waals surface area contributed by atoms with Gasteiger partial charge in [-0.2, -0.15) is 19.5 Å². The standard InChI is InChI=1S/C21H21FN8O2/c22-15-8-10-29(12-15)18(31)14-5-3-13(4-6-14)7-9-24-20-26-19(23)30-21(27-20)25-17(28-30)16-2-1-11-32-16/h1-6,11,15H,7-10,12H2,(H3,23,24,25,26,27,28)/t15-/m0/s1. The highest BCUT2D eigenvalue weighted by Crippen LogP contribution is 2.18. The molecule has 164 valence electrons. The monoisotopic (exact) mass is 436 g/mol. The molecule has 1 fully saturated rings. The number of rotatable bonds is 6. The molecule has 1 aliphatic heterocycles. The normalized spacial score (nSPS) is 16.0. The van der Waals surface area contributed by atoms with E-state index in [2.05, 4.69) is 25.4 Å². The molecule has 1 aliphatic rings. The van der Waals surface area contributed by atoms with E-state index in [1.54, 1.807) is 29.2 Å². The second-order valence-electron chi connectivity index (χ2n) is 7.54. The Balaban J connectivity index is 1.21. The molecule has 1 amide bonds. The minimum atomic E-state index is -0.922. The van der Waals surface area contributed by atoms with Crippen molar-refractivity contribution in [2.45, 2.75) is 19.0 Å². The van der Waals surface area contributed by atoms with E-state index in [1.165, 1.54) is 10.8 Å². The number of hydrogen-bond donors (Lipinski definition) is 2. The van der Waals surface area contributed by atoms with Crippen LogP contribution in [0, 0.1) is 0 Å². The van der Waals surface area contributed by atoms with Crippen LogP contribution in [-0.4, -0.2) is 61.2 Å². The first kappa shape index (κ1) is 19.9. The number of likely N-dealkylation sites (tertiary alicyclic amines) is 1. The third kappa shape index (κ3) is 3.96. The van der Waals surface area contributed by atoms with Crippen LogP contribution in [0.2, 0.25) is 0 Å². The Morgan fingerprint density at radius 2 is 2.06 bits per heavy atom. The molecule has 1 saturated heterocycles. The van der Waals surface area contributed by atoms with Gasteiger partial charge in [-0.1, -0.05) is 12.1 Å². The molecule has 3 aromatic heterocycles. The van der Waals surface area contributed by atoms with Gasteiger partial charge < -0.3 is 20.4 Å². The molecule has 1 aromatic carbocycles. The number of hydrogen-bond acceptors (Lipinski definition) is 8. The number of carbonyl (C=O) groups excluding carboxylic acids is 1. The van der Waals surface area contributed by atoms with Crippen molar-refractivity contribution in [3.05, 3.63) is 53.8 Å². The molecule has 4 heterocycles. The number of fused-ring (bicyclic) bond motifs is 1. The number of nitrogens with one attached hydrogen (secondary N) is 1. The van der Waals surface area contributed by atoms with E-state index in [4.69, 9.17) is 10.2 Å². The molecule has 4 aromatic rings. The summed E-state index contributed by atoms with van der Waals surface area (Å²) < 4.78 is 20.0. The molecule has 0 radical (unpaired) electrons. The van der Waals surface area contributed by atoms with Gasteiger partial charge in [-0.05, 0) is 42.7 Å². The Morgan fingerprint density at radius 1 is 1.22 bits per heavy atom. The van der Waals surface area contributed by atoms with Gasteiger partial charge in [0.05, 0.1) is 12.8 Å². The van der Waals surface area contributed by atoms with Gasteiger partial charge in [-0.25, -0.2) is 4.39 Å². The third-order valence-electron chi connectivity index (χ3n) is 5.29. The maximum Gasteiger partial charge on any atom is 0.259 e. The van der Waals surface area contributed by atoms with Crippen molar-refractivity contribution < 1.29 is 13.6 Å². The minimum Gasteiger partial charge on any atom is -0.461 e. The number of carbonyl (C=O) groups is 1. The van der Waals surface area contributed by atoms with Crippen molar-refractivity contribution in [3.63, 3.8) is 0 Å².